The molecule has 0 aliphatic rings. The highest BCUT2D eigenvalue weighted by Crippen LogP contribution is 2.10. The normalized spacial score (nSPS) is 11.6. The van der Waals surface area contributed by atoms with E-state index in [0.29, 0.717) is 10.6 Å². The van der Waals surface area contributed by atoms with Gasteiger partial charge in [-0.25, -0.2) is 4.39 Å². The molecule has 0 bridgehead atoms. The van der Waals surface area contributed by atoms with Crippen molar-refractivity contribution in [3.63, 3.8) is 0 Å². The summed E-state index contributed by atoms with van der Waals surface area (Å²) in [5.74, 6) is -0.281. The summed E-state index contributed by atoms with van der Waals surface area (Å²) in [5, 5.41) is 1.84. The number of carbonyl (C=O) groups is 1. The van der Waals surface area contributed by atoms with E-state index >= 15 is 0 Å². The van der Waals surface area contributed by atoms with Crippen molar-refractivity contribution in [2.45, 2.75) is 0 Å². The van der Waals surface area contributed by atoms with Crippen LogP contribution in [0.25, 0.3) is 0 Å². The SMILES string of the molecule is Cn1ccsc1=NC(=O)COc1ccc(F)cc1. The van der Waals surface area contributed by atoms with E-state index in [1.165, 1.54) is 35.6 Å². The van der Waals surface area contributed by atoms with Gasteiger partial charge in [-0.05, 0) is 24.3 Å². The number of carbonyl (C=O) groups excluding carboxylic acids is 1. The number of rotatable bonds is 3. The van der Waals surface area contributed by atoms with Crippen molar-refractivity contribution in [1.82, 2.24) is 4.57 Å². The van der Waals surface area contributed by atoms with Crippen molar-refractivity contribution < 1.29 is 13.9 Å². The Morgan fingerprint density at radius 1 is 1.44 bits per heavy atom. The van der Waals surface area contributed by atoms with Gasteiger partial charge in [-0.3, -0.25) is 4.79 Å². The zero-order valence-corrected chi connectivity index (χ0v) is 10.5. The molecule has 18 heavy (non-hydrogen) atoms. The molecule has 2 rings (SSSR count). The first kappa shape index (κ1) is 12.5. The fourth-order valence-electron chi connectivity index (χ4n) is 1.25. The van der Waals surface area contributed by atoms with Gasteiger partial charge in [-0.1, -0.05) is 0 Å². The second kappa shape index (κ2) is 5.59. The Kier molecular flexibility index (Phi) is 3.88. The lowest BCUT2D eigenvalue weighted by Gasteiger charge is -2.02. The zero-order chi connectivity index (χ0) is 13.0. The maximum absolute atomic E-state index is 12.6. The molecule has 0 radical (unpaired) electrons. The van der Waals surface area contributed by atoms with Gasteiger partial charge in [0.05, 0.1) is 0 Å². The van der Waals surface area contributed by atoms with Gasteiger partial charge in [0.25, 0.3) is 5.91 Å². The lowest BCUT2D eigenvalue weighted by atomic mass is 10.3. The minimum atomic E-state index is -0.377. The highest BCUT2D eigenvalue weighted by molar-refractivity contribution is 7.07. The van der Waals surface area contributed by atoms with E-state index in [1.54, 1.807) is 4.57 Å². The van der Waals surface area contributed by atoms with Crippen LogP contribution in [0, 0.1) is 5.82 Å². The number of hydrogen-bond acceptors (Lipinski definition) is 3. The number of nitrogens with zero attached hydrogens (tertiary/aromatic N) is 2. The van der Waals surface area contributed by atoms with Gasteiger partial charge in [0.2, 0.25) is 0 Å². The van der Waals surface area contributed by atoms with Crippen LogP contribution in [0.3, 0.4) is 0 Å². The van der Waals surface area contributed by atoms with E-state index in [0.717, 1.165) is 0 Å². The number of thiazole rings is 1. The summed E-state index contributed by atoms with van der Waals surface area (Å²) in [5.41, 5.74) is 0. The molecule has 0 aliphatic carbocycles. The molecule has 2 aromatic rings. The number of ether oxygens (including phenoxy) is 1. The van der Waals surface area contributed by atoms with E-state index in [-0.39, 0.29) is 18.3 Å². The van der Waals surface area contributed by atoms with Gasteiger partial charge >= 0.3 is 0 Å². The minimum absolute atomic E-state index is 0.163. The van der Waals surface area contributed by atoms with Crippen LogP contribution in [0.1, 0.15) is 0 Å². The van der Waals surface area contributed by atoms with Crippen molar-refractivity contribution in [2.24, 2.45) is 12.0 Å². The number of hydrogen-bond donors (Lipinski definition) is 0. The summed E-state index contributed by atoms with van der Waals surface area (Å²) < 4.78 is 19.6. The summed E-state index contributed by atoms with van der Waals surface area (Å²) in [7, 11) is 1.81. The van der Waals surface area contributed by atoms with Crippen LogP contribution in [0.4, 0.5) is 4.39 Å². The fraction of sp³-hybridized carbons (Fsp3) is 0.167. The molecule has 0 aliphatic heterocycles. The number of aryl methyl sites for hydroxylation is 1. The Bertz CT molecular complexity index is 601. The standard InChI is InChI=1S/C12H11FN2O2S/c1-15-6-7-18-12(15)14-11(16)8-17-10-4-2-9(13)3-5-10/h2-7H,8H2,1H3. The first-order valence-electron chi connectivity index (χ1n) is 5.21. The summed E-state index contributed by atoms with van der Waals surface area (Å²) >= 11 is 1.37. The van der Waals surface area contributed by atoms with Gasteiger partial charge < -0.3 is 9.30 Å². The van der Waals surface area contributed by atoms with Crippen LogP contribution >= 0.6 is 11.3 Å². The van der Waals surface area contributed by atoms with Crippen LogP contribution < -0.4 is 9.54 Å². The van der Waals surface area contributed by atoms with Crippen molar-refractivity contribution >= 4 is 17.2 Å². The molecule has 0 spiro atoms. The molecule has 0 fully saturated rings. The topological polar surface area (TPSA) is 43.6 Å². The first-order chi connectivity index (χ1) is 8.65. The highest BCUT2D eigenvalue weighted by Gasteiger charge is 2.02. The van der Waals surface area contributed by atoms with E-state index in [1.807, 2.05) is 18.6 Å². The third kappa shape index (κ3) is 3.27. The molecule has 4 nitrogen and oxygen atoms in total. The number of aromatic nitrogens is 1. The van der Waals surface area contributed by atoms with Crippen molar-refractivity contribution in [2.75, 3.05) is 6.61 Å². The van der Waals surface area contributed by atoms with Crippen molar-refractivity contribution in [1.29, 1.82) is 0 Å². The smallest absolute Gasteiger partial charge is 0.286 e. The quantitative estimate of drug-likeness (QED) is 0.849. The molecule has 1 heterocycles. The maximum Gasteiger partial charge on any atom is 0.286 e. The Morgan fingerprint density at radius 3 is 2.78 bits per heavy atom. The van der Waals surface area contributed by atoms with Crippen molar-refractivity contribution in [3.8, 4) is 5.75 Å². The molecule has 0 saturated carbocycles. The summed E-state index contributed by atoms with van der Waals surface area (Å²) in [6.45, 7) is -0.163. The molecule has 0 saturated heterocycles. The monoisotopic (exact) mass is 266 g/mol. The Labute approximate surface area is 107 Å². The predicted molar refractivity (Wildman–Crippen MR) is 65.8 cm³/mol. The van der Waals surface area contributed by atoms with Crippen molar-refractivity contribution in [3.05, 3.63) is 46.5 Å². The molecular formula is C12H11FN2O2S. The molecule has 1 aromatic carbocycles. The fourth-order valence-corrected chi connectivity index (χ4v) is 2.00. The van der Waals surface area contributed by atoms with Gasteiger partial charge in [0.1, 0.15) is 11.6 Å². The minimum Gasteiger partial charge on any atom is -0.484 e. The van der Waals surface area contributed by atoms with E-state index in [2.05, 4.69) is 4.99 Å². The number of halogens is 1. The third-order valence-electron chi connectivity index (χ3n) is 2.16. The van der Waals surface area contributed by atoms with E-state index < -0.39 is 0 Å². The second-order valence-corrected chi connectivity index (χ2v) is 4.42. The van der Waals surface area contributed by atoms with Gasteiger partial charge in [0, 0.05) is 18.6 Å². The Hall–Kier alpha value is -1.95. The second-order valence-electron chi connectivity index (χ2n) is 3.54. The Balaban J connectivity index is 1.97. The summed E-state index contributed by atoms with van der Waals surface area (Å²) in [6, 6.07) is 5.48. The highest BCUT2D eigenvalue weighted by atomic mass is 32.1. The molecule has 6 heteroatoms. The molecule has 94 valence electrons. The summed E-state index contributed by atoms with van der Waals surface area (Å²) in [6.07, 6.45) is 1.82. The predicted octanol–water partition coefficient (Wildman–Crippen LogP) is 1.73. The lowest BCUT2D eigenvalue weighted by molar-refractivity contribution is -0.120. The van der Waals surface area contributed by atoms with Gasteiger partial charge in [0.15, 0.2) is 11.4 Å². The Morgan fingerprint density at radius 2 is 2.17 bits per heavy atom. The molecule has 0 N–H and O–H groups in total. The van der Waals surface area contributed by atoms with Crippen LogP contribution in [-0.4, -0.2) is 17.1 Å². The van der Waals surface area contributed by atoms with E-state index in [9.17, 15) is 9.18 Å². The summed E-state index contributed by atoms with van der Waals surface area (Å²) in [4.78, 5) is 16.0. The third-order valence-corrected chi connectivity index (χ3v) is 3.00. The van der Waals surface area contributed by atoms with Gasteiger partial charge in [-0.2, -0.15) is 4.99 Å². The first-order valence-corrected chi connectivity index (χ1v) is 6.09. The van der Waals surface area contributed by atoms with Crippen LogP contribution in [0.5, 0.6) is 5.75 Å². The zero-order valence-electron chi connectivity index (χ0n) is 9.67. The molecule has 0 unspecified atom stereocenters. The molecule has 1 aromatic heterocycles. The molecule has 0 atom stereocenters. The molecule has 1 amide bonds. The van der Waals surface area contributed by atoms with Crippen LogP contribution in [-0.2, 0) is 11.8 Å². The number of amides is 1. The lowest BCUT2D eigenvalue weighted by Crippen LogP contribution is -2.16. The van der Waals surface area contributed by atoms with Gasteiger partial charge in [-0.15, -0.1) is 11.3 Å². The average molecular weight is 266 g/mol. The average Bonchev–Trinajstić information content (AvgIpc) is 2.74. The van der Waals surface area contributed by atoms with Crippen LogP contribution in [0.2, 0.25) is 0 Å². The number of benzene rings is 1. The largest absolute Gasteiger partial charge is 0.484 e. The van der Waals surface area contributed by atoms with Crippen LogP contribution in [0.15, 0.2) is 40.8 Å². The van der Waals surface area contributed by atoms with E-state index in [4.69, 9.17) is 4.74 Å². The maximum atomic E-state index is 12.6. The molecular weight excluding hydrogens is 255 g/mol.